The minimum absolute atomic E-state index is 0.186. The molecule has 0 spiro atoms. The van der Waals surface area contributed by atoms with Gasteiger partial charge in [-0.15, -0.1) is 0 Å². The Labute approximate surface area is 147 Å². The van der Waals surface area contributed by atoms with Crippen molar-refractivity contribution < 1.29 is 17.6 Å². The molecule has 8 heteroatoms. The topological polar surface area (TPSA) is 82.9 Å². The molecular weight excluding hydrogens is 342 g/mol. The predicted molar refractivity (Wildman–Crippen MR) is 92.5 cm³/mol. The SMILES string of the molecule is O=C(CN1CCCN(Cc2ccccc2)S1(=O)=O)NCc1ccco1. The van der Waals surface area contributed by atoms with E-state index in [4.69, 9.17) is 4.42 Å². The average molecular weight is 363 g/mol. The maximum Gasteiger partial charge on any atom is 0.282 e. The van der Waals surface area contributed by atoms with E-state index in [2.05, 4.69) is 5.32 Å². The van der Waals surface area contributed by atoms with Crippen LogP contribution in [0, 0.1) is 0 Å². The first kappa shape index (κ1) is 17.7. The highest BCUT2D eigenvalue weighted by atomic mass is 32.2. The quantitative estimate of drug-likeness (QED) is 0.840. The zero-order valence-corrected chi connectivity index (χ0v) is 14.6. The maximum absolute atomic E-state index is 12.7. The van der Waals surface area contributed by atoms with E-state index in [0.717, 1.165) is 5.56 Å². The molecule has 1 aliphatic heterocycles. The second-order valence-electron chi connectivity index (χ2n) is 5.87. The lowest BCUT2D eigenvalue weighted by Gasteiger charge is -2.34. The molecule has 7 nitrogen and oxygen atoms in total. The van der Waals surface area contributed by atoms with Crippen LogP contribution in [0.4, 0.5) is 0 Å². The lowest BCUT2D eigenvalue weighted by Crippen LogP contribution is -2.52. The number of nitrogens with one attached hydrogen (secondary N) is 1. The molecule has 3 rings (SSSR count). The molecule has 0 unspecified atom stereocenters. The molecule has 2 aromatic rings. The highest BCUT2D eigenvalue weighted by molar-refractivity contribution is 7.86. The van der Waals surface area contributed by atoms with Gasteiger partial charge in [-0.2, -0.15) is 17.0 Å². The molecule has 1 aromatic heterocycles. The van der Waals surface area contributed by atoms with Crippen molar-refractivity contribution in [3.8, 4) is 0 Å². The number of carbonyl (C=O) groups excluding carboxylic acids is 1. The highest BCUT2D eigenvalue weighted by Gasteiger charge is 2.34. The van der Waals surface area contributed by atoms with Crippen LogP contribution in [-0.4, -0.2) is 42.6 Å². The lowest BCUT2D eigenvalue weighted by atomic mass is 10.2. The van der Waals surface area contributed by atoms with E-state index in [1.54, 1.807) is 12.1 Å². The number of benzene rings is 1. The summed E-state index contributed by atoms with van der Waals surface area (Å²) in [5.74, 6) is 0.280. The summed E-state index contributed by atoms with van der Waals surface area (Å²) >= 11 is 0. The fourth-order valence-corrected chi connectivity index (χ4v) is 4.38. The van der Waals surface area contributed by atoms with Crippen molar-refractivity contribution in [2.24, 2.45) is 0 Å². The van der Waals surface area contributed by atoms with Crippen LogP contribution in [0.1, 0.15) is 17.7 Å². The van der Waals surface area contributed by atoms with E-state index in [1.165, 1.54) is 14.9 Å². The summed E-state index contributed by atoms with van der Waals surface area (Å²) in [5.41, 5.74) is 0.926. The summed E-state index contributed by atoms with van der Waals surface area (Å²) in [5, 5.41) is 2.68. The number of nitrogens with zero attached hydrogens (tertiary/aromatic N) is 2. The van der Waals surface area contributed by atoms with Crippen molar-refractivity contribution in [3.05, 3.63) is 60.1 Å². The standard InChI is InChI=1S/C17H21N3O4S/c21-17(18-12-16-8-4-11-24-16)14-20-10-5-9-19(25(20,22)23)13-15-6-2-1-3-7-15/h1-4,6-8,11H,5,9-10,12-14H2,(H,18,21). The molecular formula is C17H21N3O4S. The van der Waals surface area contributed by atoms with Crippen LogP contribution < -0.4 is 5.32 Å². The molecule has 0 atom stereocenters. The summed E-state index contributed by atoms with van der Waals surface area (Å²) in [4.78, 5) is 12.1. The van der Waals surface area contributed by atoms with E-state index in [9.17, 15) is 13.2 Å². The molecule has 1 aromatic carbocycles. The fraction of sp³-hybridized carbons (Fsp3) is 0.353. The van der Waals surface area contributed by atoms with E-state index in [1.807, 2.05) is 30.3 Å². The van der Waals surface area contributed by atoms with Crippen LogP contribution in [0.5, 0.6) is 0 Å². The Hall–Kier alpha value is -2.16. The number of rotatable bonds is 6. The van der Waals surface area contributed by atoms with Gasteiger partial charge in [0.25, 0.3) is 10.2 Å². The molecule has 1 fully saturated rings. The zero-order valence-electron chi connectivity index (χ0n) is 13.8. The van der Waals surface area contributed by atoms with E-state index in [0.29, 0.717) is 31.8 Å². The summed E-state index contributed by atoms with van der Waals surface area (Å²) < 4.78 is 33.3. The van der Waals surface area contributed by atoms with Crippen molar-refractivity contribution >= 4 is 16.1 Å². The third-order valence-corrected chi connectivity index (χ3v) is 5.96. The highest BCUT2D eigenvalue weighted by Crippen LogP contribution is 2.19. The Morgan fingerprint density at radius 2 is 1.84 bits per heavy atom. The Bertz CT molecular complexity index is 791. The van der Waals surface area contributed by atoms with Gasteiger partial charge in [-0.1, -0.05) is 30.3 Å². The number of hydrogen-bond donors (Lipinski definition) is 1. The van der Waals surface area contributed by atoms with Gasteiger partial charge >= 0.3 is 0 Å². The van der Waals surface area contributed by atoms with Crippen LogP contribution in [0.15, 0.2) is 53.1 Å². The van der Waals surface area contributed by atoms with Gasteiger partial charge in [-0.3, -0.25) is 4.79 Å². The number of hydrogen-bond acceptors (Lipinski definition) is 4. The fourth-order valence-electron chi connectivity index (χ4n) is 2.74. The molecule has 134 valence electrons. The molecule has 2 heterocycles. The van der Waals surface area contributed by atoms with Gasteiger partial charge in [-0.25, -0.2) is 0 Å². The number of amides is 1. The third kappa shape index (κ3) is 4.47. The second kappa shape index (κ2) is 7.81. The monoisotopic (exact) mass is 363 g/mol. The van der Waals surface area contributed by atoms with Crippen LogP contribution >= 0.6 is 0 Å². The number of carbonyl (C=O) groups is 1. The van der Waals surface area contributed by atoms with Gasteiger partial charge < -0.3 is 9.73 Å². The predicted octanol–water partition coefficient (Wildman–Crippen LogP) is 1.35. The summed E-state index contributed by atoms with van der Waals surface area (Å²) in [6, 6.07) is 12.9. The zero-order chi connectivity index (χ0) is 17.7. The second-order valence-corrected chi connectivity index (χ2v) is 7.80. The normalized spacial score (nSPS) is 18.1. The number of furan rings is 1. The lowest BCUT2D eigenvalue weighted by molar-refractivity contribution is -0.121. The summed E-state index contributed by atoms with van der Waals surface area (Å²) in [7, 11) is -3.65. The van der Waals surface area contributed by atoms with Crippen molar-refractivity contribution in [1.29, 1.82) is 0 Å². The van der Waals surface area contributed by atoms with E-state index in [-0.39, 0.29) is 19.0 Å². The summed E-state index contributed by atoms with van der Waals surface area (Å²) in [6.45, 7) is 1.18. The van der Waals surface area contributed by atoms with Gasteiger partial charge in [-0.05, 0) is 24.1 Å². The van der Waals surface area contributed by atoms with Crippen molar-refractivity contribution in [2.75, 3.05) is 19.6 Å². The molecule has 1 aliphatic rings. The van der Waals surface area contributed by atoms with Gasteiger partial charge in [0, 0.05) is 19.6 Å². The Morgan fingerprint density at radius 1 is 1.08 bits per heavy atom. The first-order valence-electron chi connectivity index (χ1n) is 8.14. The smallest absolute Gasteiger partial charge is 0.282 e. The molecule has 0 aliphatic carbocycles. The molecule has 0 radical (unpaired) electrons. The van der Waals surface area contributed by atoms with Gasteiger partial charge in [0.1, 0.15) is 5.76 Å². The molecule has 1 amide bonds. The van der Waals surface area contributed by atoms with Crippen LogP contribution in [0.25, 0.3) is 0 Å². The Kier molecular flexibility index (Phi) is 5.52. The van der Waals surface area contributed by atoms with Gasteiger partial charge in [0.05, 0.1) is 19.4 Å². The Balaban J connectivity index is 1.60. The molecule has 25 heavy (non-hydrogen) atoms. The maximum atomic E-state index is 12.7. The van der Waals surface area contributed by atoms with Crippen molar-refractivity contribution in [3.63, 3.8) is 0 Å². The van der Waals surface area contributed by atoms with E-state index >= 15 is 0 Å². The average Bonchev–Trinajstić information content (AvgIpc) is 3.11. The van der Waals surface area contributed by atoms with Crippen molar-refractivity contribution in [1.82, 2.24) is 13.9 Å². The summed E-state index contributed by atoms with van der Waals surface area (Å²) in [6.07, 6.45) is 2.22. The van der Waals surface area contributed by atoms with Crippen molar-refractivity contribution in [2.45, 2.75) is 19.5 Å². The van der Waals surface area contributed by atoms with Crippen LogP contribution in [0.2, 0.25) is 0 Å². The van der Waals surface area contributed by atoms with Crippen LogP contribution in [0.3, 0.4) is 0 Å². The Morgan fingerprint density at radius 3 is 2.56 bits per heavy atom. The largest absolute Gasteiger partial charge is 0.467 e. The first-order valence-corrected chi connectivity index (χ1v) is 9.53. The van der Waals surface area contributed by atoms with Crippen LogP contribution in [-0.2, 0) is 28.1 Å². The van der Waals surface area contributed by atoms with Gasteiger partial charge in [0.2, 0.25) is 5.91 Å². The minimum atomic E-state index is -3.65. The molecule has 1 saturated heterocycles. The molecule has 0 saturated carbocycles. The van der Waals surface area contributed by atoms with Gasteiger partial charge in [0.15, 0.2) is 0 Å². The first-order chi connectivity index (χ1) is 12.1. The minimum Gasteiger partial charge on any atom is -0.467 e. The molecule has 1 N–H and O–H groups in total. The molecule has 0 bridgehead atoms. The van der Waals surface area contributed by atoms with E-state index < -0.39 is 10.2 Å². The third-order valence-electron chi connectivity index (χ3n) is 4.03.